The van der Waals surface area contributed by atoms with Crippen molar-refractivity contribution in [3.8, 4) is 6.07 Å². The molecule has 0 saturated carbocycles. The van der Waals surface area contributed by atoms with Gasteiger partial charge in [-0.1, -0.05) is 12.1 Å². The van der Waals surface area contributed by atoms with Crippen molar-refractivity contribution < 1.29 is 0 Å². The highest BCUT2D eigenvalue weighted by Gasteiger charge is 2.04. The fraction of sp³-hybridized carbons (Fsp3) is 0.133. The lowest BCUT2D eigenvalue weighted by atomic mass is 10.1. The summed E-state index contributed by atoms with van der Waals surface area (Å²) in [7, 11) is 0. The van der Waals surface area contributed by atoms with Gasteiger partial charge in [-0.15, -0.1) is 11.8 Å². The minimum Gasteiger partial charge on any atom is -0.398 e. The number of nitrogens with zero attached hydrogens (tertiary/aromatic N) is 1. The van der Waals surface area contributed by atoms with Crippen LogP contribution in [-0.2, 0) is 6.42 Å². The third-order valence-electron chi connectivity index (χ3n) is 2.80. The minimum absolute atomic E-state index is 0.325. The Morgan fingerprint density at radius 1 is 1.26 bits per heavy atom. The zero-order valence-electron chi connectivity index (χ0n) is 10.7. The second-order valence-electron chi connectivity index (χ2n) is 4.07. The molecule has 0 radical (unpaired) electrons. The molecule has 0 bridgehead atoms. The third-order valence-corrected chi connectivity index (χ3v) is 3.59. The van der Waals surface area contributed by atoms with Gasteiger partial charge in [0.05, 0.1) is 18.2 Å². The zero-order chi connectivity index (χ0) is 13.7. The van der Waals surface area contributed by atoms with E-state index in [9.17, 15) is 0 Å². The summed E-state index contributed by atoms with van der Waals surface area (Å²) in [5.74, 6) is 0. The molecule has 3 N–H and O–H groups in total. The van der Waals surface area contributed by atoms with Crippen LogP contribution in [0.5, 0.6) is 0 Å². The smallest absolute Gasteiger partial charge is 0.0670 e. The first-order valence-corrected chi connectivity index (χ1v) is 7.12. The molecule has 0 aliphatic carbocycles. The fourth-order valence-electron chi connectivity index (χ4n) is 1.83. The molecule has 0 aliphatic rings. The molecule has 2 aromatic rings. The van der Waals surface area contributed by atoms with Crippen molar-refractivity contribution in [3.63, 3.8) is 0 Å². The molecule has 0 unspecified atom stereocenters. The maximum atomic E-state index is 8.78. The third kappa shape index (κ3) is 3.21. The maximum absolute atomic E-state index is 8.78. The molecule has 0 saturated heterocycles. The van der Waals surface area contributed by atoms with Crippen LogP contribution in [0.1, 0.15) is 5.56 Å². The molecular weight excluding hydrogens is 254 g/mol. The van der Waals surface area contributed by atoms with Gasteiger partial charge >= 0.3 is 0 Å². The Morgan fingerprint density at radius 3 is 2.79 bits per heavy atom. The second kappa shape index (κ2) is 6.17. The van der Waals surface area contributed by atoms with Gasteiger partial charge in [-0.2, -0.15) is 5.26 Å². The largest absolute Gasteiger partial charge is 0.398 e. The van der Waals surface area contributed by atoms with Crippen LogP contribution in [0.3, 0.4) is 0 Å². The predicted octanol–water partition coefficient (Wildman–Crippen LogP) is 3.80. The van der Waals surface area contributed by atoms with E-state index in [2.05, 4.69) is 17.5 Å². The summed E-state index contributed by atoms with van der Waals surface area (Å²) in [5.41, 5.74) is 9.36. The number of rotatable bonds is 4. The van der Waals surface area contributed by atoms with Crippen LogP contribution >= 0.6 is 11.8 Å². The number of nitrogens with one attached hydrogen (secondary N) is 1. The highest BCUT2D eigenvalue weighted by molar-refractivity contribution is 7.98. The Hall–Kier alpha value is -2.12. The van der Waals surface area contributed by atoms with Gasteiger partial charge in [0.25, 0.3) is 0 Å². The number of benzene rings is 2. The molecule has 0 atom stereocenters. The minimum atomic E-state index is 0.325. The Balaban J connectivity index is 2.28. The van der Waals surface area contributed by atoms with Gasteiger partial charge in [-0.3, -0.25) is 0 Å². The van der Waals surface area contributed by atoms with E-state index in [0.29, 0.717) is 12.1 Å². The number of hydrogen-bond donors (Lipinski definition) is 2. The van der Waals surface area contributed by atoms with E-state index in [-0.39, 0.29) is 0 Å². The molecule has 0 amide bonds. The standard InChI is InChI=1S/C15H15N3S/c1-19-15-5-3-2-4-14(15)18-12-6-7-13(17)11(10-12)8-9-16/h2-7,10,18H,8,17H2,1H3. The molecule has 2 rings (SSSR count). The Kier molecular flexibility index (Phi) is 4.32. The van der Waals surface area contributed by atoms with Crippen LogP contribution in [0.25, 0.3) is 0 Å². The number of nitrogen functional groups attached to an aromatic ring is 1. The number of nitrogens with two attached hydrogens (primary N) is 1. The second-order valence-corrected chi connectivity index (χ2v) is 4.92. The summed E-state index contributed by atoms with van der Waals surface area (Å²) in [4.78, 5) is 1.18. The highest BCUT2D eigenvalue weighted by Crippen LogP contribution is 2.29. The lowest BCUT2D eigenvalue weighted by Crippen LogP contribution is -1.97. The monoisotopic (exact) mass is 269 g/mol. The lowest BCUT2D eigenvalue weighted by Gasteiger charge is -2.12. The van der Waals surface area contributed by atoms with Crippen LogP contribution in [0.4, 0.5) is 17.1 Å². The normalized spacial score (nSPS) is 9.89. The summed E-state index contributed by atoms with van der Waals surface area (Å²) in [6.07, 6.45) is 2.37. The first kappa shape index (κ1) is 13.3. The number of anilines is 3. The van der Waals surface area contributed by atoms with E-state index in [0.717, 1.165) is 16.9 Å². The number of thioether (sulfide) groups is 1. The molecule has 0 fully saturated rings. The van der Waals surface area contributed by atoms with Gasteiger partial charge in [0.1, 0.15) is 0 Å². The molecule has 0 aliphatic heterocycles. The molecule has 0 aromatic heterocycles. The quantitative estimate of drug-likeness (QED) is 0.654. The number of hydrogen-bond acceptors (Lipinski definition) is 4. The lowest BCUT2D eigenvalue weighted by molar-refractivity contribution is 1.26. The van der Waals surface area contributed by atoms with Gasteiger partial charge in [0.2, 0.25) is 0 Å². The van der Waals surface area contributed by atoms with Gasteiger partial charge in [-0.05, 0) is 42.2 Å². The Bertz CT molecular complexity index is 617. The van der Waals surface area contributed by atoms with E-state index in [1.807, 2.05) is 42.7 Å². The van der Waals surface area contributed by atoms with Crippen LogP contribution < -0.4 is 11.1 Å². The van der Waals surface area contributed by atoms with Crippen LogP contribution in [-0.4, -0.2) is 6.26 Å². The van der Waals surface area contributed by atoms with Gasteiger partial charge < -0.3 is 11.1 Å². The average molecular weight is 269 g/mol. The SMILES string of the molecule is CSc1ccccc1Nc1ccc(N)c(CC#N)c1. The summed E-state index contributed by atoms with van der Waals surface area (Å²) in [6.45, 7) is 0. The van der Waals surface area contributed by atoms with E-state index in [4.69, 9.17) is 11.0 Å². The molecule has 0 spiro atoms. The van der Waals surface area contributed by atoms with E-state index in [1.165, 1.54) is 4.90 Å². The fourth-order valence-corrected chi connectivity index (χ4v) is 2.38. The Labute approximate surface area is 117 Å². The van der Waals surface area contributed by atoms with Crippen molar-refractivity contribution in [2.24, 2.45) is 0 Å². The van der Waals surface area contributed by atoms with Crippen LogP contribution in [0.15, 0.2) is 47.4 Å². The molecule has 3 nitrogen and oxygen atoms in total. The van der Waals surface area contributed by atoms with Gasteiger partial charge in [-0.25, -0.2) is 0 Å². The van der Waals surface area contributed by atoms with Gasteiger partial charge in [0, 0.05) is 16.3 Å². The van der Waals surface area contributed by atoms with E-state index < -0.39 is 0 Å². The first-order valence-electron chi connectivity index (χ1n) is 5.90. The van der Waals surface area contributed by atoms with Crippen molar-refractivity contribution >= 4 is 28.8 Å². The van der Waals surface area contributed by atoms with E-state index >= 15 is 0 Å². The van der Waals surface area contributed by atoms with Crippen molar-refractivity contribution in [3.05, 3.63) is 48.0 Å². The van der Waals surface area contributed by atoms with Crippen LogP contribution in [0, 0.1) is 11.3 Å². The molecule has 2 aromatic carbocycles. The molecule has 19 heavy (non-hydrogen) atoms. The summed E-state index contributed by atoms with van der Waals surface area (Å²) in [6, 6.07) is 15.9. The predicted molar refractivity (Wildman–Crippen MR) is 81.7 cm³/mol. The molecule has 0 heterocycles. The van der Waals surface area contributed by atoms with Crippen molar-refractivity contribution in [2.75, 3.05) is 17.3 Å². The number of nitriles is 1. The zero-order valence-corrected chi connectivity index (χ0v) is 11.5. The topological polar surface area (TPSA) is 61.8 Å². The van der Waals surface area contributed by atoms with Gasteiger partial charge in [0.15, 0.2) is 0 Å². The summed E-state index contributed by atoms with van der Waals surface area (Å²) in [5, 5.41) is 12.1. The van der Waals surface area contributed by atoms with Crippen molar-refractivity contribution in [1.82, 2.24) is 0 Å². The first-order chi connectivity index (χ1) is 9.24. The average Bonchev–Trinajstić information content (AvgIpc) is 2.43. The molecule has 96 valence electrons. The molecule has 4 heteroatoms. The van der Waals surface area contributed by atoms with Crippen LogP contribution in [0.2, 0.25) is 0 Å². The summed E-state index contributed by atoms with van der Waals surface area (Å²) >= 11 is 1.69. The van der Waals surface area contributed by atoms with Crippen molar-refractivity contribution in [2.45, 2.75) is 11.3 Å². The van der Waals surface area contributed by atoms with Crippen molar-refractivity contribution in [1.29, 1.82) is 5.26 Å². The highest BCUT2D eigenvalue weighted by atomic mass is 32.2. The molecular formula is C15H15N3S. The maximum Gasteiger partial charge on any atom is 0.0670 e. The Morgan fingerprint density at radius 2 is 2.05 bits per heavy atom. The number of para-hydroxylation sites is 1. The summed E-state index contributed by atoms with van der Waals surface area (Å²) < 4.78 is 0. The van der Waals surface area contributed by atoms with E-state index in [1.54, 1.807) is 11.8 Å².